The van der Waals surface area contributed by atoms with Crippen molar-refractivity contribution in [3.63, 3.8) is 0 Å². The predicted octanol–water partition coefficient (Wildman–Crippen LogP) is 4.82. The highest BCUT2D eigenvalue weighted by Crippen LogP contribution is 2.34. The fraction of sp³-hybridized carbons (Fsp3) is 0.167. The zero-order chi connectivity index (χ0) is 21.5. The van der Waals surface area contributed by atoms with Gasteiger partial charge in [-0.2, -0.15) is 5.10 Å². The van der Waals surface area contributed by atoms with E-state index < -0.39 is 44.2 Å². The molecule has 0 saturated heterocycles. The SMILES string of the molecule is COc1cc(-c2cc(C(F)F)nn2-c2cc(F)c(S(C)(=O)=O)cc2F)ccc1Cl. The van der Waals surface area contributed by atoms with Crippen LogP contribution in [0.1, 0.15) is 12.1 Å². The van der Waals surface area contributed by atoms with E-state index in [0.717, 1.165) is 17.0 Å². The molecule has 0 N–H and O–H groups in total. The first-order chi connectivity index (χ1) is 13.5. The molecule has 0 unspecified atom stereocenters. The summed E-state index contributed by atoms with van der Waals surface area (Å²) in [5, 5.41) is 3.92. The van der Waals surface area contributed by atoms with Crippen molar-refractivity contribution in [1.29, 1.82) is 0 Å². The molecule has 3 rings (SSSR count). The van der Waals surface area contributed by atoms with Gasteiger partial charge in [-0.1, -0.05) is 17.7 Å². The summed E-state index contributed by atoms with van der Waals surface area (Å²) in [6.07, 6.45) is -2.26. The number of sulfone groups is 1. The van der Waals surface area contributed by atoms with Crippen molar-refractivity contribution in [2.24, 2.45) is 0 Å². The minimum Gasteiger partial charge on any atom is -0.495 e. The molecule has 0 amide bonds. The molecule has 1 heterocycles. The molecule has 0 radical (unpaired) electrons. The second-order valence-corrected chi connectivity index (χ2v) is 8.41. The lowest BCUT2D eigenvalue weighted by molar-refractivity contribution is 0.145. The summed E-state index contributed by atoms with van der Waals surface area (Å²) >= 11 is 5.97. The average Bonchev–Trinajstić information content (AvgIpc) is 3.08. The number of hydrogen-bond acceptors (Lipinski definition) is 4. The largest absolute Gasteiger partial charge is 0.495 e. The lowest BCUT2D eigenvalue weighted by Gasteiger charge is -2.12. The maximum Gasteiger partial charge on any atom is 0.282 e. The van der Waals surface area contributed by atoms with E-state index in [2.05, 4.69) is 5.10 Å². The number of halogens is 5. The molecule has 29 heavy (non-hydrogen) atoms. The fourth-order valence-corrected chi connectivity index (χ4v) is 3.60. The third kappa shape index (κ3) is 4.08. The van der Waals surface area contributed by atoms with Gasteiger partial charge in [0.25, 0.3) is 6.43 Å². The predicted molar refractivity (Wildman–Crippen MR) is 98.5 cm³/mol. The molecule has 0 aliphatic heterocycles. The summed E-state index contributed by atoms with van der Waals surface area (Å²) < 4.78 is 84.4. The lowest BCUT2D eigenvalue weighted by atomic mass is 10.1. The molecule has 0 saturated carbocycles. The minimum absolute atomic E-state index is 0.000622. The van der Waals surface area contributed by atoms with Gasteiger partial charge in [0.05, 0.1) is 17.8 Å². The zero-order valence-electron chi connectivity index (χ0n) is 15.0. The summed E-state index contributed by atoms with van der Waals surface area (Å²) in [6.45, 7) is 0. The first-order valence-electron chi connectivity index (χ1n) is 7.94. The highest BCUT2D eigenvalue weighted by atomic mass is 35.5. The number of benzene rings is 2. The Morgan fingerprint density at radius 3 is 2.38 bits per heavy atom. The van der Waals surface area contributed by atoms with Crippen LogP contribution in [-0.2, 0) is 9.84 Å². The molecule has 0 bridgehead atoms. The van der Waals surface area contributed by atoms with E-state index in [-0.39, 0.29) is 22.0 Å². The van der Waals surface area contributed by atoms with Crippen molar-refractivity contribution in [2.45, 2.75) is 11.3 Å². The van der Waals surface area contributed by atoms with E-state index in [1.807, 2.05) is 0 Å². The smallest absolute Gasteiger partial charge is 0.282 e. The van der Waals surface area contributed by atoms with Gasteiger partial charge in [0.15, 0.2) is 9.84 Å². The summed E-state index contributed by atoms with van der Waals surface area (Å²) in [5.41, 5.74) is -0.926. The van der Waals surface area contributed by atoms with Gasteiger partial charge in [0.2, 0.25) is 0 Å². The summed E-state index contributed by atoms with van der Waals surface area (Å²) in [6, 6.07) is 6.41. The first-order valence-corrected chi connectivity index (χ1v) is 10.2. The summed E-state index contributed by atoms with van der Waals surface area (Å²) in [5.74, 6) is -2.16. The molecule has 0 fully saturated rings. The maximum atomic E-state index is 14.6. The van der Waals surface area contributed by atoms with Crippen LogP contribution in [0.15, 0.2) is 41.3 Å². The molecule has 0 atom stereocenters. The van der Waals surface area contributed by atoms with Crippen LogP contribution in [0.5, 0.6) is 5.75 Å². The molecular weight excluding hydrogens is 436 g/mol. The van der Waals surface area contributed by atoms with Gasteiger partial charge in [0, 0.05) is 17.9 Å². The van der Waals surface area contributed by atoms with Crippen LogP contribution >= 0.6 is 11.6 Å². The van der Waals surface area contributed by atoms with Gasteiger partial charge in [-0.3, -0.25) is 0 Å². The topological polar surface area (TPSA) is 61.2 Å². The second kappa shape index (κ2) is 7.68. The van der Waals surface area contributed by atoms with E-state index in [1.54, 1.807) is 0 Å². The van der Waals surface area contributed by atoms with E-state index >= 15 is 0 Å². The van der Waals surface area contributed by atoms with Crippen molar-refractivity contribution in [2.75, 3.05) is 13.4 Å². The van der Waals surface area contributed by atoms with Gasteiger partial charge < -0.3 is 4.74 Å². The number of aromatic nitrogens is 2. The maximum absolute atomic E-state index is 14.6. The van der Waals surface area contributed by atoms with E-state index in [9.17, 15) is 26.0 Å². The van der Waals surface area contributed by atoms with E-state index in [4.69, 9.17) is 16.3 Å². The number of nitrogens with zero attached hydrogens (tertiary/aromatic N) is 2. The Labute approximate surface area is 168 Å². The van der Waals surface area contributed by atoms with Crippen molar-refractivity contribution in [1.82, 2.24) is 9.78 Å². The highest BCUT2D eigenvalue weighted by molar-refractivity contribution is 7.90. The number of ether oxygens (including phenoxy) is 1. The van der Waals surface area contributed by atoms with E-state index in [1.165, 1.54) is 25.3 Å². The normalized spacial score (nSPS) is 11.9. The Morgan fingerprint density at radius 1 is 1.10 bits per heavy atom. The molecular formula is C18H13ClF4N2O3S. The van der Waals surface area contributed by atoms with Gasteiger partial charge in [0.1, 0.15) is 33.7 Å². The molecule has 11 heteroatoms. The first kappa shape index (κ1) is 21.1. The molecule has 0 spiro atoms. The molecule has 154 valence electrons. The third-order valence-corrected chi connectivity index (χ3v) is 5.45. The molecule has 2 aromatic carbocycles. The van der Waals surface area contributed by atoms with Crippen LogP contribution < -0.4 is 4.74 Å². The molecule has 0 aliphatic rings. The Kier molecular flexibility index (Phi) is 5.59. The van der Waals surface area contributed by atoms with Crippen molar-refractivity contribution in [3.8, 4) is 22.7 Å². The Balaban J connectivity index is 2.27. The van der Waals surface area contributed by atoms with Gasteiger partial charge >= 0.3 is 0 Å². The molecule has 5 nitrogen and oxygen atoms in total. The lowest BCUT2D eigenvalue weighted by Crippen LogP contribution is -2.08. The number of hydrogen-bond donors (Lipinski definition) is 0. The number of methoxy groups -OCH3 is 1. The van der Waals surface area contributed by atoms with Crippen LogP contribution in [0.4, 0.5) is 17.6 Å². The Bertz CT molecular complexity index is 1200. The monoisotopic (exact) mass is 448 g/mol. The van der Waals surface area contributed by atoms with Crippen LogP contribution in [0.25, 0.3) is 16.9 Å². The van der Waals surface area contributed by atoms with Gasteiger partial charge in [-0.05, 0) is 24.3 Å². The zero-order valence-corrected chi connectivity index (χ0v) is 16.5. The van der Waals surface area contributed by atoms with Gasteiger partial charge in [-0.15, -0.1) is 0 Å². The van der Waals surface area contributed by atoms with Crippen LogP contribution in [0, 0.1) is 11.6 Å². The minimum atomic E-state index is -4.04. The Hall–Kier alpha value is -2.59. The van der Waals surface area contributed by atoms with Crippen molar-refractivity contribution >= 4 is 21.4 Å². The van der Waals surface area contributed by atoms with Gasteiger partial charge in [-0.25, -0.2) is 30.7 Å². The summed E-state index contributed by atoms with van der Waals surface area (Å²) in [7, 11) is -2.68. The second-order valence-electron chi connectivity index (χ2n) is 6.02. The van der Waals surface area contributed by atoms with Crippen molar-refractivity contribution in [3.05, 3.63) is 58.7 Å². The van der Waals surface area contributed by atoms with Crippen LogP contribution in [0.3, 0.4) is 0 Å². The Morgan fingerprint density at radius 2 is 1.79 bits per heavy atom. The highest BCUT2D eigenvalue weighted by Gasteiger charge is 2.23. The standard InChI is InChI=1S/C18H13ClF4N2O3S/c1-28-16-5-9(3-4-10(16)19)14-8-13(18(22)23)24-25(14)15-6-12(21)17(7-11(15)20)29(2,26)27/h3-8,18H,1-2H3. The number of rotatable bonds is 5. The number of alkyl halides is 2. The molecule has 1 aromatic heterocycles. The third-order valence-electron chi connectivity index (χ3n) is 4.03. The quantitative estimate of drug-likeness (QED) is 0.525. The fourth-order valence-electron chi connectivity index (χ4n) is 2.68. The molecule has 0 aliphatic carbocycles. The van der Waals surface area contributed by atoms with Crippen LogP contribution in [0.2, 0.25) is 5.02 Å². The van der Waals surface area contributed by atoms with Crippen LogP contribution in [-0.4, -0.2) is 31.6 Å². The van der Waals surface area contributed by atoms with E-state index in [0.29, 0.717) is 12.1 Å². The average molecular weight is 449 g/mol. The van der Waals surface area contributed by atoms with Crippen molar-refractivity contribution < 1.29 is 30.7 Å². The molecule has 3 aromatic rings. The summed E-state index contributed by atoms with van der Waals surface area (Å²) in [4.78, 5) is -0.852.